The fraction of sp³-hybridized carbons (Fsp3) is 0.389. The first-order valence-corrected chi connectivity index (χ1v) is 8.74. The third kappa shape index (κ3) is 3.22. The zero-order valence-corrected chi connectivity index (χ0v) is 14.5. The molecular formula is C18H19N5O3. The molecule has 0 saturated carbocycles. The molecule has 0 aromatic carbocycles. The first kappa shape index (κ1) is 16.4. The van der Waals surface area contributed by atoms with Gasteiger partial charge in [0.05, 0.1) is 5.69 Å². The number of hydrogen-bond acceptors (Lipinski definition) is 7. The summed E-state index contributed by atoms with van der Waals surface area (Å²) in [4.78, 5) is 23.1. The lowest BCUT2D eigenvalue weighted by Crippen LogP contribution is -2.39. The highest BCUT2D eigenvalue weighted by Crippen LogP contribution is 2.27. The van der Waals surface area contributed by atoms with E-state index in [0.717, 1.165) is 25.0 Å². The fourth-order valence-corrected chi connectivity index (χ4v) is 3.10. The van der Waals surface area contributed by atoms with E-state index in [-0.39, 0.29) is 17.6 Å². The summed E-state index contributed by atoms with van der Waals surface area (Å²) in [7, 11) is 0. The van der Waals surface area contributed by atoms with Crippen LogP contribution in [0.1, 0.15) is 47.8 Å². The van der Waals surface area contributed by atoms with Gasteiger partial charge in [0.15, 0.2) is 5.82 Å². The number of likely N-dealkylation sites (tertiary alicyclic amines) is 1. The second kappa shape index (κ2) is 7.07. The van der Waals surface area contributed by atoms with Gasteiger partial charge in [-0.1, -0.05) is 23.3 Å². The van der Waals surface area contributed by atoms with E-state index in [1.165, 1.54) is 0 Å². The van der Waals surface area contributed by atoms with Gasteiger partial charge >= 0.3 is 0 Å². The van der Waals surface area contributed by atoms with Crippen molar-refractivity contribution in [3.05, 3.63) is 47.7 Å². The van der Waals surface area contributed by atoms with Crippen LogP contribution in [0.4, 0.5) is 0 Å². The van der Waals surface area contributed by atoms with Gasteiger partial charge < -0.3 is 13.9 Å². The van der Waals surface area contributed by atoms with Gasteiger partial charge in [-0.15, -0.1) is 0 Å². The number of nitrogens with zero attached hydrogens (tertiary/aromatic N) is 5. The lowest BCUT2D eigenvalue weighted by molar-refractivity contribution is 0.0661. The van der Waals surface area contributed by atoms with Crippen molar-refractivity contribution < 1.29 is 13.8 Å². The zero-order valence-electron chi connectivity index (χ0n) is 14.5. The molecule has 4 heterocycles. The molecule has 8 nitrogen and oxygen atoms in total. The minimum Gasteiger partial charge on any atom is -0.351 e. The summed E-state index contributed by atoms with van der Waals surface area (Å²) in [5.41, 5.74) is 1.42. The van der Waals surface area contributed by atoms with Crippen LogP contribution in [0.2, 0.25) is 0 Å². The van der Waals surface area contributed by atoms with Crippen LogP contribution in [-0.4, -0.2) is 44.2 Å². The van der Waals surface area contributed by atoms with E-state index in [0.29, 0.717) is 30.5 Å². The van der Waals surface area contributed by atoms with Gasteiger partial charge in [0.25, 0.3) is 11.8 Å². The molecule has 1 unspecified atom stereocenters. The van der Waals surface area contributed by atoms with Crippen LogP contribution >= 0.6 is 0 Å². The van der Waals surface area contributed by atoms with Gasteiger partial charge in [0, 0.05) is 31.3 Å². The summed E-state index contributed by atoms with van der Waals surface area (Å²) in [5.74, 6) is 1.17. The first-order chi connectivity index (χ1) is 12.7. The number of carbonyl (C=O) groups is 1. The first-order valence-electron chi connectivity index (χ1n) is 8.74. The predicted octanol–water partition coefficient (Wildman–Crippen LogP) is 2.70. The average Bonchev–Trinajstić information content (AvgIpc) is 3.38. The molecule has 1 amide bonds. The molecule has 134 valence electrons. The molecule has 1 fully saturated rings. The molecule has 0 aliphatic carbocycles. The lowest BCUT2D eigenvalue weighted by Gasteiger charge is -2.30. The maximum atomic E-state index is 12.7. The largest absolute Gasteiger partial charge is 0.351 e. The standard InChI is InChI=1S/C18H19N5O3/c1-2-13-10-15(25-21-13)18(24)23-9-5-6-12(11-23)16-20-17(26-22-16)14-7-3-4-8-19-14/h3-4,7-8,10,12H,2,5-6,9,11H2,1H3. The van der Waals surface area contributed by atoms with E-state index in [2.05, 4.69) is 20.3 Å². The summed E-state index contributed by atoms with van der Waals surface area (Å²) in [6.45, 7) is 3.18. The van der Waals surface area contributed by atoms with Gasteiger partial charge in [0.2, 0.25) is 5.76 Å². The summed E-state index contributed by atoms with van der Waals surface area (Å²) in [5, 5.41) is 8.00. The third-order valence-corrected chi connectivity index (χ3v) is 4.53. The van der Waals surface area contributed by atoms with Crippen molar-refractivity contribution in [1.82, 2.24) is 25.2 Å². The van der Waals surface area contributed by atoms with Gasteiger partial charge in [0.1, 0.15) is 5.69 Å². The Labute approximate surface area is 150 Å². The maximum Gasteiger partial charge on any atom is 0.292 e. The molecular weight excluding hydrogens is 334 g/mol. The molecule has 26 heavy (non-hydrogen) atoms. The topological polar surface area (TPSA) is 98.2 Å². The number of piperidine rings is 1. The molecule has 0 bridgehead atoms. The number of pyridine rings is 1. The van der Waals surface area contributed by atoms with E-state index < -0.39 is 0 Å². The van der Waals surface area contributed by atoms with Crippen molar-refractivity contribution in [1.29, 1.82) is 0 Å². The van der Waals surface area contributed by atoms with Crippen LogP contribution in [0.5, 0.6) is 0 Å². The molecule has 0 N–H and O–H groups in total. The van der Waals surface area contributed by atoms with E-state index in [9.17, 15) is 4.79 Å². The molecule has 1 aliphatic heterocycles. The van der Waals surface area contributed by atoms with Gasteiger partial charge in [-0.25, -0.2) is 0 Å². The molecule has 0 radical (unpaired) electrons. The van der Waals surface area contributed by atoms with Crippen LogP contribution in [0.3, 0.4) is 0 Å². The predicted molar refractivity (Wildman–Crippen MR) is 91.3 cm³/mol. The van der Waals surface area contributed by atoms with Gasteiger partial charge in [-0.2, -0.15) is 4.98 Å². The van der Waals surface area contributed by atoms with E-state index in [4.69, 9.17) is 9.05 Å². The van der Waals surface area contributed by atoms with Gasteiger partial charge in [-0.3, -0.25) is 9.78 Å². The number of carbonyl (C=O) groups excluding carboxylic acids is 1. The molecule has 4 rings (SSSR count). The minimum atomic E-state index is -0.143. The van der Waals surface area contributed by atoms with E-state index >= 15 is 0 Å². The smallest absolute Gasteiger partial charge is 0.292 e. The van der Waals surface area contributed by atoms with Crippen molar-refractivity contribution in [2.24, 2.45) is 0 Å². The Kier molecular flexibility index (Phi) is 4.47. The van der Waals surface area contributed by atoms with Crippen molar-refractivity contribution in [3.8, 4) is 11.6 Å². The Morgan fingerprint density at radius 2 is 2.23 bits per heavy atom. The van der Waals surface area contributed by atoms with Crippen LogP contribution in [0, 0.1) is 0 Å². The van der Waals surface area contributed by atoms with Crippen LogP contribution < -0.4 is 0 Å². The lowest BCUT2D eigenvalue weighted by atomic mass is 9.97. The molecule has 0 spiro atoms. The van der Waals surface area contributed by atoms with Crippen molar-refractivity contribution in [2.75, 3.05) is 13.1 Å². The quantitative estimate of drug-likeness (QED) is 0.711. The minimum absolute atomic E-state index is 0.0301. The number of aryl methyl sites for hydroxylation is 1. The van der Waals surface area contributed by atoms with Gasteiger partial charge in [-0.05, 0) is 31.4 Å². The Bertz CT molecular complexity index is 889. The molecule has 3 aromatic heterocycles. The number of aromatic nitrogens is 4. The Morgan fingerprint density at radius 3 is 3.00 bits per heavy atom. The summed E-state index contributed by atoms with van der Waals surface area (Å²) < 4.78 is 10.5. The van der Waals surface area contributed by atoms with E-state index in [1.807, 2.05) is 25.1 Å². The summed E-state index contributed by atoms with van der Waals surface area (Å²) in [6, 6.07) is 7.23. The summed E-state index contributed by atoms with van der Waals surface area (Å²) in [6.07, 6.45) is 4.20. The van der Waals surface area contributed by atoms with E-state index in [1.54, 1.807) is 17.2 Å². The highest BCUT2D eigenvalue weighted by Gasteiger charge is 2.30. The zero-order chi connectivity index (χ0) is 17.9. The molecule has 8 heteroatoms. The molecule has 1 saturated heterocycles. The number of rotatable bonds is 4. The van der Waals surface area contributed by atoms with Crippen LogP contribution in [-0.2, 0) is 6.42 Å². The maximum absolute atomic E-state index is 12.7. The Hall–Kier alpha value is -3.03. The second-order valence-corrected chi connectivity index (χ2v) is 6.30. The highest BCUT2D eigenvalue weighted by atomic mass is 16.5. The van der Waals surface area contributed by atoms with Crippen molar-refractivity contribution in [3.63, 3.8) is 0 Å². The monoisotopic (exact) mass is 353 g/mol. The normalized spacial score (nSPS) is 17.4. The Morgan fingerprint density at radius 1 is 1.31 bits per heavy atom. The van der Waals surface area contributed by atoms with Crippen LogP contribution in [0.15, 0.2) is 39.5 Å². The second-order valence-electron chi connectivity index (χ2n) is 6.30. The fourth-order valence-electron chi connectivity index (χ4n) is 3.10. The molecule has 1 atom stereocenters. The average molecular weight is 353 g/mol. The Balaban J connectivity index is 1.48. The third-order valence-electron chi connectivity index (χ3n) is 4.53. The molecule has 3 aromatic rings. The SMILES string of the molecule is CCc1cc(C(=O)N2CCCC(c3noc(-c4ccccn4)n3)C2)on1. The van der Waals surface area contributed by atoms with Crippen molar-refractivity contribution in [2.45, 2.75) is 32.1 Å². The van der Waals surface area contributed by atoms with Crippen LogP contribution in [0.25, 0.3) is 11.6 Å². The van der Waals surface area contributed by atoms with Crippen molar-refractivity contribution >= 4 is 5.91 Å². The summed E-state index contributed by atoms with van der Waals surface area (Å²) >= 11 is 0. The number of amides is 1. The number of hydrogen-bond donors (Lipinski definition) is 0. The molecule has 1 aliphatic rings. The highest BCUT2D eigenvalue weighted by molar-refractivity contribution is 5.91.